The van der Waals surface area contributed by atoms with E-state index in [4.69, 9.17) is 15.5 Å². The number of aromatic nitrogens is 3. The van der Waals surface area contributed by atoms with Gasteiger partial charge in [0.05, 0.1) is 24.7 Å². The van der Waals surface area contributed by atoms with Gasteiger partial charge in [-0.2, -0.15) is 0 Å². The normalized spacial score (nSPS) is 11.3. The molecule has 0 unspecified atom stereocenters. The molecule has 7 heteroatoms. The van der Waals surface area contributed by atoms with Gasteiger partial charge in [-0.3, -0.25) is 4.79 Å². The average Bonchev–Trinajstić information content (AvgIpc) is 2.99. The van der Waals surface area contributed by atoms with Crippen LogP contribution in [0.1, 0.15) is 31.2 Å². The number of carbonyl (C=O) groups excluding carboxylic acids is 1. The van der Waals surface area contributed by atoms with Crippen molar-refractivity contribution in [2.75, 3.05) is 19.4 Å². The predicted molar refractivity (Wildman–Crippen MR) is 103 cm³/mol. The summed E-state index contributed by atoms with van der Waals surface area (Å²) in [6, 6.07) is 6.16. The minimum atomic E-state index is -0.204. The molecule has 0 aliphatic carbocycles. The molecule has 3 N–H and O–H groups in total. The minimum absolute atomic E-state index is 0.204. The molecule has 0 aliphatic rings. The van der Waals surface area contributed by atoms with E-state index in [0.29, 0.717) is 37.3 Å². The van der Waals surface area contributed by atoms with Gasteiger partial charge in [-0.25, -0.2) is 9.97 Å². The van der Waals surface area contributed by atoms with E-state index < -0.39 is 0 Å². The Labute approximate surface area is 152 Å². The molecule has 26 heavy (non-hydrogen) atoms. The molecule has 2 aromatic heterocycles. The van der Waals surface area contributed by atoms with Crippen LogP contribution < -0.4 is 11.1 Å². The fourth-order valence-electron chi connectivity index (χ4n) is 3.16. The lowest BCUT2D eigenvalue weighted by atomic mass is 10.1. The Balaban J connectivity index is 2.12. The van der Waals surface area contributed by atoms with Crippen LogP contribution in [0.5, 0.6) is 0 Å². The smallest absolute Gasteiger partial charge is 0.305 e. The number of ether oxygens (including phenoxy) is 1. The average molecular weight is 355 g/mol. The molecule has 138 valence electrons. The van der Waals surface area contributed by atoms with Gasteiger partial charge in [-0.05, 0) is 31.5 Å². The first-order valence-electron chi connectivity index (χ1n) is 8.87. The number of imidazole rings is 1. The summed E-state index contributed by atoms with van der Waals surface area (Å²) in [6.07, 6.45) is 1.04. The van der Waals surface area contributed by atoms with Crippen molar-refractivity contribution < 1.29 is 9.53 Å². The quantitative estimate of drug-likeness (QED) is 0.633. The van der Waals surface area contributed by atoms with E-state index in [1.807, 2.05) is 13.0 Å². The van der Waals surface area contributed by atoms with E-state index in [0.717, 1.165) is 34.4 Å². The van der Waals surface area contributed by atoms with E-state index in [1.165, 1.54) is 7.11 Å². The number of carbonyl (C=O) groups is 1. The molecule has 7 nitrogen and oxygen atoms in total. The van der Waals surface area contributed by atoms with Gasteiger partial charge in [0.1, 0.15) is 11.3 Å². The lowest BCUT2D eigenvalue weighted by molar-refractivity contribution is -0.140. The summed E-state index contributed by atoms with van der Waals surface area (Å²) in [6.45, 7) is 6.23. The van der Waals surface area contributed by atoms with E-state index in [-0.39, 0.29) is 5.97 Å². The van der Waals surface area contributed by atoms with E-state index in [9.17, 15) is 4.79 Å². The largest absolute Gasteiger partial charge is 0.469 e. The van der Waals surface area contributed by atoms with Crippen molar-refractivity contribution >= 4 is 33.7 Å². The van der Waals surface area contributed by atoms with Gasteiger partial charge in [-0.15, -0.1) is 0 Å². The maximum atomic E-state index is 11.5. The lowest BCUT2D eigenvalue weighted by Gasteiger charge is -2.11. The topological polar surface area (TPSA) is 95.1 Å². The Hall–Kier alpha value is -2.67. The fraction of sp³-hybridized carbons (Fsp3) is 0.421. The van der Waals surface area contributed by atoms with Gasteiger partial charge in [-0.1, -0.05) is 19.1 Å². The molecule has 0 saturated heterocycles. The van der Waals surface area contributed by atoms with Gasteiger partial charge in [0.25, 0.3) is 0 Å². The Morgan fingerprint density at radius 2 is 2.15 bits per heavy atom. The lowest BCUT2D eigenvalue weighted by Crippen LogP contribution is -2.17. The summed E-state index contributed by atoms with van der Waals surface area (Å²) < 4.78 is 6.90. The molecular formula is C19H25N5O2. The molecule has 0 aliphatic heterocycles. The van der Waals surface area contributed by atoms with Crippen molar-refractivity contribution in [2.45, 2.75) is 39.8 Å². The number of fused-ring (bicyclic) bond motifs is 3. The molecule has 0 bridgehead atoms. The highest BCUT2D eigenvalue weighted by Crippen LogP contribution is 2.29. The van der Waals surface area contributed by atoms with Crippen LogP contribution in [-0.4, -0.2) is 34.2 Å². The van der Waals surface area contributed by atoms with Crippen LogP contribution in [0.15, 0.2) is 18.2 Å². The molecule has 3 aromatic rings. The number of aryl methyl sites for hydroxylation is 2. The third kappa shape index (κ3) is 3.48. The Bertz CT molecular complexity index is 948. The summed E-state index contributed by atoms with van der Waals surface area (Å²) >= 11 is 0. The Kier molecular flexibility index (Phi) is 5.37. The molecule has 3 rings (SSSR count). The SMILES string of the molecule is CCNCc1nc2c(N)nc3cc(C)ccc3c2n1CCCC(=O)OC. The number of esters is 1. The first-order chi connectivity index (χ1) is 12.5. The number of nitrogens with one attached hydrogen (secondary N) is 1. The first-order valence-corrected chi connectivity index (χ1v) is 8.87. The molecule has 0 fully saturated rings. The standard InChI is InChI=1S/C19H25N5O2/c1-4-21-11-15-23-17-18(24(15)9-5-6-16(25)26-3)13-8-7-12(2)10-14(13)22-19(17)20/h7-8,10,21H,4-6,9,11H2,1-3H3,(H2,20,22). The number of nitrogens with zero attached hydrogens (tertiary/aromatic N) is 3. The summed E-state index contributed by atoms with van der Waals surface area (Å²) in [4.78, 5) is 20.7. The van der Waals surface area contributed by atoms with Crippen molar-refractivity contribution in [3.8, 4) is 0 Å². The molecule has 0 spiro atoms. The van der Waals surface area contributed by atoms with Gasteiger partial charge < -0.3 is 20.4 Å². The monoisotopic (exact) mass is 355 g/mol. The molecular weight excluding hydrogens is 330 g/mol. The van der Waals surface area contributed by atoms with Gasteiger partial charge >= 0.3 is 5.97 Å². The van der Waals surface area contributed by atoms with Crippen molar-refractivity contribution in [1.82, 2.24) is 19.9 Å². The molecule has 1 aromatic carbocycles. The third-order valence-electron chi connectivity index (χ3n) is 4.46. The number of benzene rings is 1. The van der Waals surface area contributed by atoms with Crippen molar-refractivity contribution in [1.29, 1.82) is 0 Å². The van der Waals surface area contributed by atoms with Gasteiger partial charge in [0.2, 0.25) is 0 Å². The Morgan fingerprint density at radius 1 is 1.35 bits per heavy atom. The third-order valence-corrected chi connectivity index (χ3v) is 4.46. The summed E-state index contributed by atoms with van der Waals surface area (Å²) in [5, 5.41) is 4.34. The van der Waals surface area contributed by atoms with Crippen LogP contribution in [0.3, 0.4) is 0 Å². The highest BCUT2D eigenvalue weighted by molar-refractivity contribution is 6.06. The highest BCUT2D eigenvalue weighted by atomic mass is 16.5. The van der Waals surface area contributed by atoms with Gasteiger partial charge in [0.15, 0.2) is 5.82 Å². The van der Waals surface area contributed by atoms with Crippen molar-refractivity contribution in [3.05, 3.63) is 29.6 Å². The van der Waals surface area contributed by atoms with E-state index >= 15 is 0 Å². The zero-order valence-electron chi connectivity index (χ0n) is 15.5. The number of hydrogen-bond acceptors (Lipinski definition) is 6. The van der Waals surface area contributed by atoms with Crippen LogP contribution in [0.2, 0.25) is 0 Å². The Morgan fingerprint density at radius 3 is 2.88 bits per heavy atom. The number of nitrogen functional groups attached to an aromatic ring is 1. The predicted octanol–water partition coefficient (Wildman–Crippen LogP) is 2.54. The van der Waals surface area contributed by atoms with Crippen LogP contribution in [0.4, 0.5) is 5.82 Å². The number of methoxy groups -OCH3 is 1. The number of hydrogen-bond donors (Lipinski definition) is 2. The van der Waals surface area contributed by atoms with E-state index in [2.05, 4.69) is 33.9 Å². The molecule has 0 radical (unpaired) electrons. The van der Waals surface area contributed by atoms with Gasteiger partial charge in [0, 0.05) is 18.4 Å². The first kappa shape index (κ1) is 18.1. The zero-order valence-corrected chi connectivity index (χ0v) is 15.5. The molecule has 0 saturated carbocycles. The van der Waals surface area contributed by atoms with Crippen LogP contribution >= 0.6 is 0 Å². The second kappa shape index (κ2) is 7.70. The maximum absolute atomic E-state index is 11.5. The summed E-state index contributed by atoms with van der Waals surface area (Å²) in [5.74, 6) is 1.13. The molecule has 2 heterocycles. The van der Waals surface area contributed by atoms with Crippen molar-refractivity contribution in [3.63, 3.8) is 0 Å². The number of rotatable bonds is 7. The molecule has 0 atom stereocenters. The zero-order chi connectivity index (χ0) is 18.7. The second-order valence-electron chi connectivity index (χ2n) is 6.35. The second-order valence-corrected chi connectivity index (χ2v) is 6.35. The number of nitrogens with two attached hydrogens (primary N) is 1. The highest BCUT2D eigenvalue weighted by Gasteiger charge is 2.17. The number of pyridine rings is 1. The van der Waals surface area contributed by atoms with Crippen molar-refractivity contribution in [2.24, 2.45) is 0 Å². The number of anilines is 1. The molecule has 0 amide bonds. The van der Waals surface area contributed by atoms with E-state index in [1.54, 1.807) is 0 Å². The summed E-state index contributed by atoms with van der Waals surface area (Å²) in [7, 11) is 1.41. The van der Waals surface area contributed by atoms with Crippen LogP contribution in [0, 0.1) is 6.92 Å². The van der Waals surface area contributed by atoms with Crippen LogP contribution in [0.25, 0.3) is 21.9 Å². The maximum Gasteiger partial charge on any atom is 0.305 e. The fourth-order valence-corrected chi connectivity index (χ4v) is 3.16. The van der Waals surface area contributed by atoms with Crippen LogP contribution in [-0.2, 0) is 22.6 Å². The summed E-state index contributed by atoms with van der Waals surface area (Å²) in [5.41, 5.74) is 9.89. The minimum Gasteiger partial charge on any atom is -0.469 e.